The third kappa shape index (κ3) is 3.51. The summed E-state index contributed by atoms with van der Waals surface area (Å²) in [6.07, 6.45) is 0. The van der Waals surface area contributed by atoms with Gasteiger partial charge in [-0.2, -0.15) is 0 Å². The lowest BCUT2D eigenvalue weighted by Crippen LogP contribution is -2.47. The van der Waals surface area contributed by atoms with Crippen molar-refractivity contribution in [3.8, 4) is 11.1 Å². The van der Waals surface area contributed by atoms with Gasteiger partial charge in [0.25, 0.3) is 5.91 Å². The molecule has 1 saturated heterocycles. The molecule has 0 radical (unpaired) electrons. The Morgan fingerprint density at radius 3 is 2.38 bits per heavy atom. The van der Waals surface area contributed by atoms with Crippen LogP contribution < -0.4 is 0 Å². The zero-order chi connectivity index (χ0) is 17.1. The topological polar surface area (TPSA) is 23.6 Å². The van der Waals surface area contributed by atoms with Gasteiger partial charge in [-0.05, 0) is 41.8 Å². The molecule has 3 rings (SSSR count). The summed E-state index contributed by atoms with van der Waals surface area (Å²) in [5.41, 5.74) is 4.46. The van der Waals surface area contributed by atoms with Crippen LogP contribution in [0, 0.1) is 0 Å². The average molecular weight is 322 g/mol. The summed E-state index contributed by atoms with van der Waals surface area (Å²) >= 11 is 0. The minimum absolute atomic E-state index is 0.145. The molecule has 1 heterocycles. The van der Waals surface area contributed by atoms with Gasteiger partial charge in [-0.1, -0.05) is 50.2 Å². The van der Waals surface area contributed by atoms with Crippen molar-refractivity contribution in [1.29, 1.82) is 0 Å². The van der Waals surface area contributed by atoms with Crippen molar-refractivity contribution in [2.45, 2.75) is 19.8 Å². The van der Waals surface area contributed by atoms with Gasteiger partial charge >= 0.3 is 0 Å². The first kappa shape index (κ1) is 16.7. The van der Waals surface area contributed by atoms with Gasteiger partial charge in [0.05, 0.1) is 0 Å². The molecule has 0 saturated carbocycles. The molecule has 0 N–H and O–H groups in total. The van der Waals surface area contributed by atoms with Crippen LogP contribution in [0.5, 0.6) is 0 Å². The molecule has 1 aliphatic rings. The van der Waals surface area contributed by atoms with Gasteiger partial charge in [-0.3, -0.25) is 4.79 Å². The Balaban J connectivity index is 1.89. The largest absolute Gasteiger partial charge is 0.336 e. The van der Waals surface area contributed by atoms with Gasteiger partial charge in [0.2, 0.25) is 0 Å². The predicted molar refractivity (Wildman–Crippen MR) is 99.4 cm³/mol. The van der Waals surface area contributed by atoms with E-state index in [0.29, 0.717) is 5.92 Å². The van der Waals surface area contributed by atoms with Crippen LogP contribution in [0.15, 0.2) is 48.5 Å². The normalized spacial score (nSPS) is 15.8. The second-order valence-corrected chi connectivity index (χ2v) is 6.92. The van der Waals surface area contributed by atoms with Crippen LogP contribution in [0.2, 0.25) is 0 Å². The highest BCUT2D eigenvalue weighted by atomic mass is 16.2. The second kappa shape index (κ2) is 7.18. The minimum atomic E-state index is 0.145. The second-order valence-electron chi connectivity index (χ2n) is 6.92. The van der Waals surface area contributed by atoms with E-state index in [-0.39, 0.29) is 5.91 Å². The van der Waals surface area contributed by atoms with Crippen LogP contribution in [-0.2, 0) is 0 Å². The van der Waals surface area contributed by atoms with Crippen molar-refractivity contribution in [3.05, 3.63) is 59.7 Å². The number of piperazine rings is 1. The molecular weight excluding hydrogens is 296 g/mol. The summed E-state index contributed by atoms with van der Waals surface area (Å²) < 4.78 is 0. The first-order valence-corrected chi connectivity index (χ1v) is 8.73. The fourth-order valence-corrected chi connectivity index (χ4v) is 3.28. The molecule has 0 spiro atoms. The molecule has 0 atom stereocenters. The lowest BCUT2D eigenvalue weighted by atomic mass is 9.92. The van der Waals surface area contributed by atoms with Gasteiger partial charge in [0.15, 0.2) is 0 Å². The molecule has 3 heteroatoms. The fourth-order valence-electron chi connectivity index (χ4n) is 3.28. The van der Waals surface area contributed by atoms with Crippen LogP contribution in [0.4, 0.5) is 0 Å². The van der Waals surface area contributed by atoms with Crippen molar-refractivity contribution in [3.63, 3.8) is 0 Å². The molecule has 24 heavy (non-hydrogen) atoms. The van der Waals surface area contributed by atoms with Crippen molar-refractivity contribution in [1.82, 2.24) is 9.80 Å². The summed E-state index contributed by atoms with van der Waals surface area (Å²) in [4.78, 5) is 17.0. The standard InChI is InChI=1S/C21H26N2O/c1-16(2)19-9-4-5-10-20(19)17-7-6-8-18(15-17)21(24)23-13-11-22(3)12-14-23/h4-10,15-16H,11-14H2,1-3H3. The van der Waals surface area contributed by atoms with E-state index < -0.39 is 0 Å². The van der Waals surface area contributed by atoms with Crippen LogP contribution >= 0.6 is 0 Å². The number of carbonyl (C=O) groups is 1. The summed E-state index contributed by atoms with van der Waals surface area (Å²) in [5, 5.41) is 0. The van der Waals surface area contributed by atoms with Gasteiger partial charge < -0.3 is 9.80 Å². The maximum atomic E-state index is 12.8. The van der Waals surface area contributed by atoms with E-state index in [1.807, 2.05) is 23.1 Å². The Bertz CT molecular complexity index is 715. The van der Waals surface area contributed by atoms with Crippen molar-refractivity contribution in [2.75, 3.05) is 33.2 Å². The third-order valence-electron chi connectivity index (χ3n) is 4.79. The molecule has 2 aromatic carbocycles. The zero-order valence-corrected chi connectivity index (χ0v) is 14.8. The predicted octanol–water partition coefficient (Wildman–Crippen LogP) is 3.86. The van der Waals surface area contributed by atoms with E-state index in [4.69, 9.17) is 0 Å². The van der Waals surface area contributed by atoms with E-state index in [2.05, 4.69) is 56.1 Å². The number of rotatable bonds is 3. The number of nitrogens with zero attached hydrogens (tertiary/aromatic N) is 2. The Labute approximate surface area is 144 Å². The number of hydrogen-bond donors (Lipinski definition) is 0. The first-order chi connectivity index (χ1) is 11.6. The summed E-state index contributed by atoms with van der Waals surface area (Å²) in [5.74, 6) is 0.602. The number of carbonyl (C=O) groups excluding carboxylic acids is 1. The van der Waals surface area contributed by atoms with Crippen molar-refractivity contribution in [2.24, 2.45) is 0 Å². The summed E-state index contributed by atoms with van der Waals surface area (Å²) in [7, 11) is 2.10. The first-order valence-electron chi connectivity index (χ1n) is 8.73. The van der Waals surface area contributed by atoms with E-state index in [1.54, 1.807) is 0 Å². The third-order valence-corrected chi connectivity index (χ3v) is 4.79. The van der Waals surface area contributed by atoms with E-state index in [1.165, 1.54) is 11.1 Å². The maximum absolute atomic E-state index is 12.8. The molecule has 0 aliphatic carbocycles. The SMILES string of the molecule is CC(C)c1ccccc1-c1cccc(C(=O)N2CCN(C)CC2)c1. The van der Waals surface area contributed by atoms with Gasteiger partial charge in [-0.25, -0.2) is 0 Å². The monoisotopic (exact) mass is 322 g/mol. The lowest BCUT2D eigenvalue weighted by Gasteiger charge is -2.32. The highest BCUT2D eigenvalue weighted by Gasteiger charge is 2.20. The van der Waals surface area contributed by atoms with E-state index in [0.717, 1.165) is 37.3 Å². The quantitative estimate of drug-likeness (QED) is 0.856. The molecular formula is C21H26N2O. The van der Waals surface area contributed by atoms with Gasteiger partial charge in [-0.15, -0.1) is 0 Å². The van der Waals surface area contributed by atoms with Crippen molar-refractivity contribution < 1.29 is 4.79 Å². The van der Waals surface area contributed by atoms with Gasteiger partial charge in [0.1, 0.15) is 0 Å². The number of likely N-dealkylation sites (N-methyl/N-ethyl adjacent to an activating group) is 1. The van der Waals surface area contributed by atoms with Crippen LogP contribution in [0.1, 0.15) is 35.7 Å². The Morgan fingerprint density at radius 1 is 0.958 bits per heavy atom. The zero-order valence-electron chi connectivity index (χ0n) is 14.8. The van der Waals surface area contributed by atoms with E-state index >= 15 is 0 Å². The number of hydrogen-bond acceptors (Lipinski definition) is 2. The van der Waals surface area contributed by atoms with Crippen molar-refractivity contribution >= 4 is 5.91 Å². The molecule has 0 bridgehead atoms. The Hall–Kier alpha value is -2.13. The highest BCUT2D eigenvalue weighted by molar-refractivity contribution is 5.95. The number of amides is 1. The average Bonchev–Trinajstić information content (AvgIpc) is 2.62. The molecule has 0 aromatic heterocycles. The maximum Gasteiger partial charge on any atom is 0.253 e. The Morgan fingerprint density at radius 2 is 1.67 bits per heavy atom. The van der Waals surface area contributed by atoms with Gasteiger partial charge in [0, 0.05) is 31.7 Å². The highest BCUT2D eigenvalue weighted by Crippen LogP contribution is 2.29. The van der Waals surface area contributed by atoms with Crippen LogP contribution in [-0.4, -0.2) is 48.9 Å². The fraction of sp³-hybridized carbons (Fsp3) is 0.381. The van der Waals surface area contributed by atoms with Crippen LogP contribution in [0.3, 0.4) is 0 Å². The lowest BCUT2D eigenvalue weighted by molar-refractivity contribution is 0.0664. The molecule has 1 amide bonds. The smallest absolute Gasteiger partial charge is 0.253 e. The molecule has 126 valence electrons. The molecule has 1 aliphatic heterocycles. The summed E-state index contributed by atoms with van der Waals surface area (Å²) in [6, 6.07) is 16.5. The van der Waals surface area contributed by atoms with Crippen LogP contribution in [0.25, 0.3) is 11.1 Å². The van der Waals surface area contributed by atoms with E-state index in [9.17, 15) is 4.79 Å². The molecule has 1 fully saturated rings. The molecule has 3 nitrogen and oxygen atoms in total. The Kier molecular flexibility index (Phi) is 5.00. The molecule has 2 aromatic rings. The minimum Gasteiger partial charge on any atom is -0.336 e. The summed E-state index contributed by atoms with van der Waals surface area (Å²) in [6.45, 7) is 7.92. The number of benzene rings is 2. The molecule has 0 unspecified atom stereocenters.